The van der Waals surface area contributed by atoms with Crippen molar-refractivity contribution in [1.82, 2.24) is 20.3 Å². The first-order valence-electron chi connectivity index (χ1n) is 10.1. The van der Waals surface area contributed by atoms with Crippen molar-refractivity contribution in [3.8, 4) is 6.07 Å². The SMILES string of the molecule is N#CC1(n2cc(C(N[C@H](c3ccccc3)C(F)(F)F)C3CCCCC3)nn2)CC1. The Morgan fingerprint density at radius 1 is 1.14 bits per heavy atom. The zero-order valence-electron chi connectivity index (χ0n) is 16.1. The van der Waals surface area contributed by atoms with Gasteiger partial charge in [0, 0.05) is 0 Å². The topological polar surface area (TPSA) is 66.5 Å². The van der Waals surface area contributed by atoms with Crippen LogP contribution in [0.15, 0.2) is 36.5 Å². The van der Waals surface area contributed by atoms with Crippen molar-refractivity contribution in [3.05, 3.63) is 47.8 Å². The normalized spacial score (nSPS) is 21.3. The Bertz CT molecular complexity index is 860. The van der Waals surface area contributed by atoms with Gasteiger partial charge in [-0.3, -0.25) is 5.32 Å². The van der Waals surface area contributed by atoms with Crippen LogP contribution >= 0.6 is 0 Å². The largest absolute Gasteiger partial charge is 0.407 e. The minimum Gasteiger partial charge on any atom is -0.294 e. The Labute approximate surface area is 167 Å². The summed E-state index contributed by atoms with van der Waals surface area (Å²) < 4.78 is 43.4. The van der Waals surface area contributed by atoms with E-state index in [1.165, 1.54) is 16.8 Å². The lowest BCUT2D eigenvalue weighted by Gasteiger charge is -2.34. The Morgan fingerprint density at radius 2 is 1.83 bits per heavy atom. The first-order chi connectivity index (χ1) is 13.9. The van der Waals surface area contributed by atoms with Crippen LogP contribution in [0.4, 0.5) is 13.2 Å². The molecule has 2 aromatic rings. The van der Waals surface area contributed by atoms with Crippen LogP contribution in [0.25, 0.3) is 0 Å². The maximum Gasteiger partial charge on any atom is 0.407 e. The summed E-state index contributed by atoms with van der Waals surface area (Å²) in [5.74, 6) is 0.0553. The number of hydrogen-bond donors (Lipinski definition) is 1. The number of halogens is 3. The van der Waals surface area contributed by atoms with E-state index in [1.807, 2.05) is 0 Å². The Balaban J connectivity index is 1.66. The van der Waals surface area contributed by atoms with Gasteiger partial charge in [-0.2, -0.15) is 18.4 Å². The molecule has 29 heavy (non-hydrogen) atoms. The van der Waals surface area contributed by atoms with Gasteiger partial charge < -0.3 is 0 Å². The Kier molecular flexibility index (Phi) is 5.34. The molecule has 2 saturated carbocycles. The van der Waals surface area contributed by atoms with Crippen LogP contribution in [0.2, 0.25) is 0 Å². The summed E-state index contributed by atoms with van der Waals surface area (Å²) in [5.41, 5.74) is -0.00177. The number of nitrogens with zero attached hydrogens (tertiary/aromatic N) is 4. The number of nitrogens with one attached hydrogen (secondary N) is 1. The van der Waals surface area contributed by atoms with Crippen molar-refractivity contribution < 1.29 is 13.2 Å². The number of hydrogen-bond acceptors (Lipinski definition) is 4. The number of alkyl halides is 3. The molecular formula is C21H24F3N5. The maximum absolute atomic E-state index is 14.0. The molecule has 1 aromatic carbocycles. The molecule has 1 unspecified atom stereocenters. The highest BCUT2D eigenvalue weighted by molar-refractivity contribution is 5.22. The fourth-order valence-corrected chi connectivity index (χ4v) is 4.27. The van der Waals surface area contributed by atoms with E-state index in [0.29, 0.717) is 18.5 Å². The van der Waals surface area contributed by atoms with E-state index in [2.05, 4.69) is 21.7 Å². The lowest BCUT2D eigenvalue weighted by Crippen LogP contribution is -2.40. The fourth-order valence-electron chi connectivity index (χ4n) is 4.27. The van der Waals surface area contributed by atoms with E-state index in [4.69, 9.17) is 0 Å². The Hall–Kier alpha value is -2.40. The molecule has 0 amide bonds. The van der Waals surface area contributed by atoms with Crippen molar-refractivity contribution in [3.63, 3.8) is 0 Å². The molecule has 4 rings (SSSR count). The van der Waals surface area contributed by atoms with Gasteiger partial charge in [0.15, 0.2) is 5.54 Å². The van der Waals surface area contributed by atoms with Crippen LogP contribution in [0.3, 0.4) is 0 Å². The summed E-state index contributed by atoms with van der Waals surface area (Å²) >= 11 is 0. The van der Waals surface area contributed by atoms with Gasteiger partial charge in [0.25, 0.3) is 0 Å². The van der Waals surface area contributed by atoms with E-state index in [0.717, 1.165) is 32.1 Å². The van der Waals surface area contributed by atoms with E-state index < -0.39 is 23.8 Å². The van der Waals surface area contributed by atoms with Gasteiger partial charge in [0.2, 0.25) is 0 Å². The molecule has 2 aliphatic carbocycles. The average Bonchev–Trinajstić information content (AvgIpc) is 3.38. The van der Waals surface area contributed by atoms with E-state index in [1.54, 1.807) is 24.4 Å². The number of benzene rings is 1. The summed E-state index contributed by atoms with van der Waals surface area (Å²) in [7, 11) is 0. The van der Waals surface area contributed by atoms with Gasteiger partial charge >= 0.3 is 6.18 Å². The van der Waals surface area contributed by atoms with Crippen molar-refractivity contribution in [2.24, 2.45) is 5.92 Å². The Morgan fingerprint density at radius 3 is 2.41 bits per heavy atom. The highest BCUT2D eigenvalue weighted by Gasteiger charge is 2.48. The quantitative estimate of drug-likeness (QED) is 0.752. The molecule has 1 heterocycles. The standard InChI is InChI=1S/C21H24F3N5/c22-21(23,24)19(16-9-5-2-6-10-16)26-18(15-7-3-1-4-8-15)17-13-29(28-27-17)20(14-25)11-12-20/h2,5-6,9-10,13,15,18-19,26H,1,3-4,7-8,11-12H2/t18?,19-/m1/s1. The molecule has 5 nitrogen and oxygen atoms in total. The van der Waals surface area contributed by atoms with Crippen molar-refractivity contribution in [2.45, 2.75) is 68.7 Å². The number of nitriles is 1. The second kappa shape index (κ2) is 7.79. The zero-order valence-corrected chi connectivity index (χ0v) is 16.1. The highest BCUT2D eigenvalue weighted by atomic mass is 19.4. The molecule has 0 radical (unpaired) electrons. The molecule has 154 valence electrons. The summed E-state index contributed by atoms with van der Waals surface area (Å²) in [4.78, 5) is 0. The minimum absolute atomic E-state index is 0.0553. The molecule has 0 aliphatic heterocycles. The lowest BCUT2D eigenvalue weighted by molar-refractivity contribution is -0.161. The van der Waals surface area contributed by atoms with Gasteiger partial charge in [-0.1, -0.05) is 54.8 Å². The minimum atomic E-state index is -4.44. The summed E-state index contributed by atoms with van der Waals surface area (Å²) in [6.07, 6.45) is 3.44. The van der Waals surface area contributed by atoms with Crippen molar-refractivity contribution in [1.29, 1.82) is 5.26 Å². The maximum atomic E-state index is 14.0. The van der Waals surface area contributed by atoms with E-state index in [-0.39, 0.29) is 11.5 Å². The molecule has 0 spiro atoms. The number of aromatic nitrogens is 3. The van der Waals surface area contributed by atoms with Crippen molar-refractivity contribution >= 4 is 0 Å². The van der Waals surface area contributed by atoms with Gasteiger partial charge in [-0.25, -0.2) is 4.68 Å². The summed E-state index contributed by atoms with van der Waals surface area (Å²) in [6, 6.07) is 7.83. The van der Waals surface area contributed by atoms with Gasteiger partial charge in [-0.15, -0.1) is 5.10 Å². The van der Waals surface area contributed by atoms with Crippen LogP contribution in [-0.4, -0.2) is 21.2 Å². The van der Waals surface area contributed by atoms with Crippen molar-refractivity contribution in [2.75, 3.05) is 0 Å². The number of rotatable bonds is 6. The second-order valence-corrected chi connectivity index (χ2v) is 8.16. The van der Waals surface area contributed by atoms with Crippen LogP contribution in [-0.2, 0) is 5.54 Å². The summed E-state index contributed by atoms with van der Waals surface area (Å²) in [6.45, 7) is 0. The van der Waals surface area contributed by atoms with E-state index in [9.17, 15) is 18.4 Å². The zero-order chi connectivity index (χ0) is 20.5. The van der Waals surface area contributed by atoms with Crippen LogP contribution in [0, 0.1) is 17.2 Å². The molecule has 2 fully saturated rings. The predicted molar refractivity (Wildman–Crippen MR) is 101 cm³/mol. The third-order valence-corrected chi connectivity index (χ3v) is 6.13. The van der Waals surface area contributed by atoms with Gasteiger partial charge in [-0.05, 0) is 37.2 Å². The van der Waals surface area contributed by atoms with Gasteiger partial charge in [0.05, 0.1) is 24.0 Å². The molecule has 8 heteroatoms. The molecule has 1 N–H and O–H groups in total. The second-order valence-electron chi connectivity index (χ2n) is 8.16. The third-order valence-electron chi connectivity index (χ3n) is 6.13. The first kappa shape index (κ1) is 19.9. The average molecular weight is 403 g/mol. The van der Waals surface area contributed by atoms with Gasteiger partial charge in [0.1, 0.15) is 6.04 Å². The first-order valence-corrected chi connectivity index (χ1v) is 10.1. The fraction of sp³-hybridized carbons (Fsp3) is 0.571. The summed E-state index contributed by atoms with van der Waals surface area (Å²) in [5, 5.41) is 20.6. The molecule has 2 aliphatic rings. The van der Waals surface area contributed by atoms with E-state index >= 15 is 0 Å². The predicted octanol–water partition coefficient (Wildman–Crippen LogP) is 4.81. The molecular weight excluding hydrogens is 379 g/mol. The monoisotopic (exact) mass is 403 g/mol. The molecule has 0 saturated heterocycles. The third kappa shape index (κ3) is 4.15. The smallest absolute Gasteiger partial charge is 0.294 e. The molecule has 1 aromatic heterocycles. The van der Waals surface area contributed by atoms with Crippen LogP contribution in [0.5, 0.6) is 0 Å². The molecule has 2 atom stereocenters. The molecule has 0 bridgehead atoms. The lowest BCUT2D eigenvalue weighted by atomic mass is 9.82. The van der Waals surface area contributed by atoms with Crippen LogP contribution < -0.4 is 5.32 Å². The highest BCUT2D eigenvalue weighted by Crippen LogP contribution is 2.44. The van der Waals surface area contributed by atoms with Crippen LogP contribution in [0.1, 0.15) is 68.3 Å².